The van der Waals surface area contributed by atoms with Crippen molar-refractivity contribution in [2.45, 2.75) is 4.90 Å². The Kier molecular flexibility index (Phi) is 5.87. The van der Waals surface area contributed by atoms with Crippen molar-refractivity contribution in [1.82, 2.24) is 4.31 Å². The lowest BCUT2D eigenvalue weighted by Gasteiger charge is -2.26. The van der Waals surface area contributed by atoms with E-state index in [-0.39, 0.29) is 48.3 Å². The third-order valence-corrected chi connectivity index (χ3v) is 6.03. The second-order valence-electron chi connectivity index (χ2n) is 5.88. The first-order valence-corrected chi connectivity index (χ1v) is 9.77. The van der Waals surface area contributed by atoms with Crippen LogP contribution in [-0.2, 0) is 14.8 Å². The number of aromatic hydroxyl groups is 1. The quantitative estimate of drug-likeness (QED) is 0.424. The highest BCUT2D eigenvalue weighted by Gasteiger charge is 2.30. The van der Waals surface area contributed by atoms with Gasteiger partial charge in [0.2, 0.25) is 10.0 Å². The molecule has 0 bridgehead atoms. The number of nitrogens with one attached hydrogen (secondary N) is 1. The molecule has 10 nitrogen and oxygen atoms in total. The number of non-ortho nitro benzene ring substituents is 1. The maximum absolute atomic E-state index is 13.0. The number of nitrogens with zero attached hydrogens (tertiary/aromatic N) is 3. The Hall–Kier alpha value is -3.02. The number of nitro benzene ring substituents is 1. The van der Waals surface area contributed by atoms with Crippen molar-refractivity contribution >= 4 is 27.6 Å². The molecule has 0 spiro atoms. The number of ether oxygens (including phenoxy) is 1. The minimum absolute atomic E-state index is 0.0120. The van der Waals surface area contributed by atoms with Crippen LogP contribution in [0, 0.1) is 10.1 Å². The number of morpholine rings is 1. The normalized spacial score (nSPS) is 15.6. The number of phenols is 1. The van der Waals surface area contributed by atoms with E-state index in [9.17, 15) is 23.6 Å². The SMILES string of the molecule is O=[N+]([O-])c1ccc(N/N=C\c2ccccc2O)c(S(=O)(=O)N2CCOCC2)c1. The molecule has 0 atom stereocenters. The molecule has 0 aromatic heterocycles. The summed E-state index contributed by atoms with van der Waals surface area (Å²) < 4.78 is 32.4. The molecule has 1 aliphatic heterocycles. The van der Waals surface area contributed by atoms with Gasteiger partial charge in [-0.1, -0.05) is 12.1 Å². The van der Waals surface area contributed by atoms with E-state index in [0.717, 1.165) is 6.07 Å². The van der Waals surface area contributed by atoms with E-state index in [1.807, 2.05) is 0 Å². The number of hydrogen-bond acceptors (Lipinski definition) is 8. The Morgan fingerprint density at radius 2 is 1.93 bits per heavy atom. The first-order chi connectivity index (χ1) is 13.4. The van der Waals surface area contributed by atoms with Crippen LogP contribution in [0.1, 0.15) is 5.56 Å². The van der Waals surface area contributed by atoms with Crippen LogP contribution in [0.25, 0.3) is 0 Å². The zero-order valence-corrected chi connectivity index (χ0v) is 15.5. The number of para-hydroxylation sites is 1. The summed E-state index contributed by atoms with van der Waals surface area (Å²) in [5.74, 6) is 0.0120. The van der Waals surface area contributed by atoms with Crippen LogP contribution >= 0.6 is 0 Å². The molecule has 1 fully saturated rings. The van der Waals surface area contributed by atoms with Gasteiger partial charge in [0.15, 0.2) is 0 Å². The van der Waals surface area contributed by atoms with Crippen molar-refractivity contribution in [3.05, 3.63) is 58.1 Å². The molecule has 1 heterocycles. The molecule has 1 aliphatic rings. The van der Waals surface area contributed by atoms with Gasteiger partial charge in [-0.15, -0.1) is 0 Å². The Morgan fingerprint density at radius 3 is 2.61 bits per heavy atom. The first kappa shape index (κ1) is 19.7. The van der Waals surface area contributed by atoms with Gasteiger partial charge in [0.25, 0.3) is 5.69 Å². The highest BCUT2D eigenvalue weighted by atomic mass is 32.2. The predicted octanol–water partition coefficient (Wildman–Crippen LogP) is 1.77. The standard InChI is InChI=1S/C17H18N4O6S/c22-16-4-2-1-3-13(16)12-18-19-15-6-5-14(21(23)24)11-17(15)28(25,26)20-7-9-27-10-8-20/h1-6,11-12,19,22H,7-10H2/b18-12-. The molecule has 148 valence electrons. The van der Waals surface area contributed by atoms with E-state index in [0.29, 0.717) is 5.56 Å². The summed E-state index contributed by atoms with van der Waals surface area (Å²) in [5, 5.41) is 24.8. The summed E-state index contributed by atoms with van der Waals surface area (Å²) in [6.07, 6.45) is 1.32. The number of rotatable bonds is 6. The van der Waals surface area contributed by atoms with Crippen LogP contribution in [0.4, 0.5) is 11.4 Å². The van der Waals surface area contributed by atoms with Crippen LogP contribution in [0.5, 0.6) is 5.75 Å². The Morgan fingerprint density at radius 1 is 1.21 bits per heavy atom. The molecule has 0 aliphatic carbocycles. The minimum Gasteiger partial charge on any atom is -0.507 e. The average Bonchev–Trinajstić information content (AvgIpc) is 2.70. The molecule has 0 saturated carbocycles. The van der Waals surface area contributed by atoms with E-state index in [1.165, 1.54) is 28.7 Å². The first-order valence-electron chi connectivity index (χ1n) is 8.33. The molecule has 0 amide bonds. The maximum atomic E-state index is 13.0. The fourth-order valence-electron chi connectivity index (χ4n) is 2.62. The van der Waals surface area contributed by atoms with Crippen LogP contribution < -0.4 is 5.43 Å². The lowest BCUT2D eigenvalue weighted by Crippen LogP contribution is -2.40. The molecular formula is C17H18N4O6S. The number of anilines is 1. The Labute approximate surface area is 161 Å². The van der Waals surface area contributed by atoms with Crippen molar-refractivity contribution in [2.24, 2.45) is 5.10 Å². The molecule has 2 aromatic rings. The molecule has 11 heteroatoms. The van der Waals surface area contributed by atoms with Gasteiger partial charge in [0.05, 0.1) is 30.0 Å². The predicted molar refractivity (Wildman–Crippen MR) is 102 cm³/mol. The molecule has 2 N–H and O–H groups in total. The Bertz CT molecular complexity index is 1000. The third kappa shape index (κ3) is 4.27. The molecule has 2 aromatic carbocycles. The number of hydrogen-bond donors (Lipinski definition) is 2. The molecule has 0 radical (unpaired) electrons. The van der Waals surface area contributed by atoms with Gasteiger partial charge >= 0.3 is 0 Å². The summed E-state index contributed by atoms with van der Waals surface area (Å²) >= 11 is 0. The van der Waals surface area contributed by atoms with E-state index < -0.39 is 14.9 Å². The van der Waals surface area contributed by atoms with E-state index in [4.69, 9.17) is 4.74 Å². The molecule has 0 unspecified atom stereocenters. The largest absolute Gasteiger partial charge is 0.507 e. The zero-order chi connectivity index (χ0) is 20.1. The summed E-state index contributed by atoms with van der Waals surface area (Å²) in [4.78, 5) is 10.2. The lowest BCUT2D eigenvalue weighted by molar-refractivity contribution is -0.385. The van der Waals surface area contributed by atoms with Crippen molar-refractivity contribution in [3.8, 4) is 5.75 Å². The van der Waals surface area contributed by atoms with Gasteiger partial charge in [-0.05, 0) is 18.2 Å². The smallest absolute Gasteiger partial charge is 0.270 e. The fraction of sp³-hybridized carbons (Fsp3) is 0.235. The second-order valence-corrected chi connectivity index (χ2v) is 7.79. The zero-order valence-electron chi connectivity index (χ0n) is 14.7. The highest BCUT2D eigenvalue weighted by Crippen LogP contribution is 2.29. The van der Waals surface area contributed by atoms with Crippen molar-refractivity contribution < 1.29 is 23.2 Å². The van der Waals surface area contributed by atoms with Gasteiger partial charge in [0.1, 0.15) is 10.6 Å². The number of phenolic OH excluding ortho intramolecular Hbond substituents is 1. The summed E-state index contributed by atoms with van der Waals surface area (Å²) in [5.41, 5.74) is 2.77. The van der Waals surface area contributed by atoms with Crippen molar-refractivity contribution in [2.75, 3.05) is 31.7 Å². The third-order valence-electron chi connectivity index (χ3n) is 4.09. The fourth-order valence-corrected chi connectivity index (χ4v) is 4.19. The van der Waals surface area contributed by atoms with Crippen LogP contribution in [-0.4, -0.2) is 55.3 Å². The average molecular weight is 406 g/mol. The van der Waals surface area contributed by atoms with E-state index >= 15 is 0 Å². The van der Waals surface area contributed by atoms with Crippen molar-refractivity contribution in [1.29, 1.82) is 0 Å². The summed E-state index contributed by atoms with van der Waals surface area (Å²) in [6, 6.07) is 9.96. The van der Waals surface area contributed by atoms with Crippen LogP contribution in [0.3, 0.4) is 0 Å². The van der Waals surface area contributed by atoms with Gasteiger partial charge in [0, 0.05) is 30.8 Å². The monoisotopic (exact) mass is 406 g/mol. The van der Waals surface area contributed by atoms with Gasteiger partial charge < -0.3 is 9.84 Å². The Balaban J connectivity index is 1.94. The lowest BCUT2D eigenvalue weighted by atomic mass is 10.2. The van der Waals surface area contributed by atoms with Gasteiger partial charge in [-0.25, -0.2) is 8.42 Å². The number of nitro groups is 1. The second kappa shape index (κ2) is 8.33. The number of benzene rings is 2. The topological polar surface area (TPSA) is 134 Å². The molecule has 3 rings (SSSR count). The molecular weight excluding hydrogens is 388 g/mol. The van der Waals surface area contributed by atoms with Gasteiger partial charge in [-0.2, -0.15) is 9.41 Å². The van der Waals surface area contributed by atoms with E-state index in [1.54, 1.807) is 18.2 Å². The molecule has 28 heavy (non-hydrogen) atoms. The number of hydrazone groups is 1. The minimum atomic E-state index is -3.99. The van der Waals surface area contributed by atoms with E-state index in [2.05, 4.69) is 10.5 Å². The number of sulfonamides is 1. The highest BCUT2D eigenvalue weighted by molar-refractivity contribution is 7.89. The summed E-state index contributed by atoms with van der Waals surface area (Å²) in [7, 11) is -3.99. The summed E-state index contributed by atoms with van der Waals surface area (Å²) in [6.45, 7) is 0.821. The van der Waals surface area contributed by atoms with Gasteiger partial charge in [-0.3, -0.25) is 15.5 Å². The maximum Gasteiger partial charge on any atom is 0.270 e. The van der Waals surface area contributed by atoms with Crippen LogP contribution in [0.2, 0.25) is 0 Å². The van der Waals surface area contributed by atoms with Crippen molar-refractivity contribution in [3.63, 3.8) is 0 Å². The molecule has 1 saturated heterocycles. The van der Waals surface area contributed by atoms with Crippen LogP contribution in [0.15, 0.2) is 52.5 Å².